The first kappa shape index (κ1) is 30.9. The molecule has 0 radical (unpaired) electrons. The summed E-state index contributed by atoms with van der Waals surface area (Å²) in [5.41, 5.74) is 0. The Kier molecular flexibility index (Phi) is 14.4. The van der Waals surface area contributed by atoms with Gasteiger partial charge in [-0.1, -0.05) is 0 Å². The van der Waals surface area contributed by atoms with Gasteiger partial charge in [0, 0.05) is 57.7 Å². The zero-order chi connectivity index (χ0) is 27.6. The van der Waals surface area contributed by atoms with Crippen molar-refractivity contribution < 1.29 is 43.0 Å². The number of ether oxygens (including phenoxy) is 2. The fourth-order valence-corrected chi connectivity index (χ4v) is 3.07. The third-order valence-corrected chi connectivity index (χ3v) is 5.05. The molecule has 0 saturated heterocycles. The molecule has 1 aliphatic heterocycles. The van der Waals surface area contributed by atoms with Crippen LogP contribution in [0.2, 0.25) is 0 Å². The molecule has 5 N–H and O–H groups in total. The summed E-state index contributed by atoms with van der Waals surface area (Å²) in [6.45, 7) is 0.626. The van der Waals surface area contributed by atoms with Crippen LogP contribution in [0.4, 0.5) is 9.59 Å². The second kappa shape index (κ2) is 17.3. The van der Waals surface area contributed by atoms with Gasteiger partial charge in [0.25, 0.3) is 11.8 Å². The zero-order valence-corrected chi connectivity index (χ0v) is 20.9. The molecule has 0 spiro atoms. The number of amides is 7. The fourth-order valence-electron chi connectivity index (χ4n) is 3.07. The Morgan fingerprint density at radius 1 is 0.757 bits per heavy atom. The van der Waals surface area contributed by atoms with Crippen molar-refractivity contribution in [2.24, 2.45) is 0 Å². The lowest BCUT2D eigenvalue weighted by atomic mass is 10.1. The molecular formula is C22H34N6O9. The minimum atomic E-state index is -0.884. The van der Waals surface area contributed by atoms with Gasteiger partial charge < -0.3 is 36.1 Å². The van der Waals surface area contributed by atoms with Crippen LogP contribution in [0.1, 0.15) is 32.1 Å². The molecule has 15 nitrogen and oxygen atoms in total. The van der Waals surface area contributed by atoms with Crippen LogP contribution in [0, 0.1) is 0 Å². The van der Waals surface area contributed by atoms with Crippen molar-refractivity contribution >= 4 is 41.7 Å². The molecule has 1 atom stereocenters. The van der Waals surface area contributed by atoms with Crippen molar-refractivity contribution in [2.75, 3.05) is 46.9 Å². The Morgan fingerprint density at radius 3 is 1.95 bits per heavy atom. The molecule has 7 amide bonds. The number of alkyl carbamates (subject to hydrolysis) is 2. The monoisotopic (exact) mass is 526 g/mol. The van der Waals surface area contributed by atoms with Crippen molar-refractivity contribution in [1.29, 1.82) is 0 Å². The minimum Gasteiger partial charge on any atom is -0.453 e. The molecule has 1 rings (SSSR count). The molecule has 15 heteroatoms. The molecule has 1 aliphatic rings. The van der Waals surface area contributed by atoms with Gasteiger partial charge in [0.15, 0.2) is 0 Å². The van der Waals surface area contributed by atoms with E-state index in [1.54, 1.807) is 0 Å². The second-order valence-electron chi connectivity index (χ2n) is 7.76. The molecule has 1 heterocycles. The van der Waals surface area contributed by atoms with Gasteiger partial charge in [-0.05, 0) is 19.3 Å². The lowest BCUT2D eigenvalue weighted by Gasteiger charge is -2.17. The number of imide groups is 1. The highest BCUT2D eigenvalue weighted by molar-refractivity contribution is 6.13. The van der Waals surface area contributed by atoms with Crippen molar-refractivity contribution in [2.45, 2.75) is 38.1 Å². The highest BCUT2D eigenvalue weighted by Crippen LogP contribution is 2.04. The van der Waals surface area contributed by atoms with E-state index in [1.165, 1.54) is 14.2 Å². The van der Waals surface area contributed by atoms with E-state index < -0.39 is 35.9 Å². The lowest BCUT2D eigenvalue weighted by molar-refractivity contribution is -0.137. The van der Waals surface area contributed by atoms with Crippen molar-refractivity contribution in [1.82, 2.24) is 31.5 Å². The summed E-state index contributed by atoms with van der Waals surface area (Å²) in [4.78, 5) is 82.6. The summed E-state index contributed by atoms with van der Waals surface area (Å²) in [6, 6.07) is -0.884. The smallest absolute Gasteiger partial charge is 0.407 e. The molecule has 0 bridgehead atoms. The Balaban J connectivity index is 2.22. The van der Waals surface area contributed by atoms with Crippen LogP contribution in [-0.2, 0) is 33.4 Å². The lowest BCUT2D eigenvalue weighted by Crippen LogP contribution is -2.47. The van der Waals surface area contributed by atoms with E-state index in [1.807, 2.05) is 0 Å². The van der Waals surface area contributed by atoms with Gasteiger partial charge in [0.05, 0.1) is 14.2 Å². The summed E-state index contributed by atoms with van der Waals surface area (Å²) in [6.07, 6.45) is 2.21. The summed E-state index contributed by atoms with van der Waals surface area (Å²) < 4.78 is 9.00. The first-order chi connectivity index (χ1) is 17.7. The molecule has 0 aliphatic carbocycles. The quantitative estimate of drug-likeness (QED) is 0.115. The van der Waals surface area contributed by atoms with Crippen molar-refractivity contribution in [3.63, 3.8) is 0 Å². The first-order valence-corrected chi connectivity index (χ1v) is 11.7. The molecule has 37 heavy (non-hydrogen) atoms. The zero-order valence-electron chi connectivity index (χ0n) is 20.9. The number of nitrogens with one attached hydrogen (secondary N) is 5. The van der Waals surface area contributed by atoms with Gasteiger partial charge in [-0.25, -0.2) is 9.59 Å². The number of nitrogens with zero attached hydrogens (tertiary/aromatic N) is 1. The van der Waals surface area contributed by atoms with E-state index in [4.69, 9.17) is 0 Å². The largest absolute Gasteiger partial charge is 0.453 e. The van der Waals surface area contributed by atoms with E-state index in [9.17, 15) is 33.6 Å². The van der Waals surface area contributed by atoms with E-state index >= 15 is 0 Å². The molecule has 0 saturated carbocycles. The molecular weight excluding hydrogens is 492 g/mol. The number of hydrogen-bond donors (Lipinski definition) is 5. The first-order valence-electron chi connectivity index (χ1n) is 11.7. The van der Waals surface area contributed by atoms with Crippen molar-refractivity contribution in [3.05, 3.63) is 12.2 Å². The van der Waals surface area contributed by atoms with Gasteiger partial charge >= 0.3 is 12.2 Å². The number of carbonyl (C=O) groups is 7. The highest BCUT2D eigenvalue weighted by atomic mass is 16.5. The van der Waals surface area contributed by atoms with E-state index in [2.05, 4.69) is 36.1 Å². The molecule has 206 valence electrons. The molecule has 0 aromatic heterocycles. The van der Waals surface area contributed by atoms with E-state index in [0.29, 0.717) is 19.4 Å². The average molecular weight is 527 g/mol. The maximum Gasteiger partial charge on any atom is 0.407 e. The second-order valence-corrected chi connectivity index (χ2v) is 7.76. The molecule has 0 aromatic rings. The fraction of sp³-hybridized carbons (Fsp3) is 0.591. The van der Waals surface area contributed by atoms with Crippen LogP contribution in [0.15, 0.2) is 12.2 Å². The minimum absolute atomic E-state index is 0.0200. The highest BCUT2D eigenvalue weighted by Gasteiger charge is 2.23. The number of carbonyl (C=O) groups excluding carboxylic acids is 7. The summed E-state index contributed by atoms with van der Waals surface area (Å²) in [5.74, 6) is -2.15. The summed E-state index contributed by atoms with van der Waals surface area (Å²) in [7, 11) is 2.42. The molecule has 0 aromatic carbocycles. The third-order valence-electron chi connectivity index (χ3n) is 5.05. The predicted molar refractivity (Wildman–Crippen MR) is 128 cm³/mol. The predicted octanol–water partition coefficient (Wildman–Crippen LogP) is -1.71. The van der Waals surface area contributed by atoms with Crippen LogP contribution in [0.3, 0.4) is 0 Å². The third kappa shape index (κ3) is 12.9. The van der Waals surface area contributed by atoms with Crippen LogP contribution in [0.25, 0.3) is 0 Å². The molecule has 1 unspecified atom stereocenters. The Labute approximate surface area is 214 Å². The average Bonchev–Trinajstić information content (AvgIpc) is 3.20. The standard InChI is InChI=1S/C22H34N6O9/c1-36-21(34)26-10-4-3-5-15(27-22(35)37-2)20(33)25-11-8-16(29)23-12-13-24-17(30)9-14-28-18(31)6-7-19(28)32/h6-7,15H,3-5,8-14H2,1-2H3,(H,23,29)(H,24,30)(H,25,33)(H,26,34)(H,27,35). The van der Waals surface area contributed by atoms with Crippen LogP contribution in [-0.4, -0.2) is 99.6 Å². The van der Waals surface area contributed by atoms with Gasteiger partial charge in [0.1, 0.15) is 6.04 Å². The van der Waals surface area contributed by atoms with E-state index in [0.717, 1.165) is 17.1 Å². The van der Waals surface area contributed by atoms with Gasteiger partial charge in [-0.15, -0.1) is 0 Å². The normalized spacial score (nSPS) is 13.0. The maximum atomic E-state index is 12.4. The Hall–Kier alpha value is -4.17. The van der Waals surface area contributed by atoms with Crippen LogP contribution in [0.5, 0.6) is 0 Å². The Morgan fingerprint density at radius 2 is 1.35 bits per heavy atom. The topological polar surface area (TPSA) is 201 Å². The van der Waals surface area contributed by atoms with Gasteiger partial charge in [-0.2, -0.15) is 0 Å². The maximum absolute atomic E-state index is 12.4. The summed E-state index contributed by atoms with van der Waals surface area (Å²) in [5, 5.41) is 12.7. The summed E-state index contributed by atoms with van der Waals surface area (Å²) >= 11 is 0. The number of rotatable bonds is 16. The van der Waals surface area contributed by atoms with Crippen LogP contribution < -0.4 is 26.6 Å². The SMILES string of the molecule is COC(=O)NCCCCC(NC(=O)OC)C(=O)NCCC(=O)NCCNC(=O)CCN1C(=O)C=CC1=O. The molecule has 0 fully saturated rings. The van der Waals surface area contributed by atoms with Gasteiger partial charge in [-0.3, -0.25) is 28.9 Å². The van der Waals surface area contributed by atoms with E-state index in [-0.39, 0.29) is 57.3 Å². The van der Waals surface area contributed by atoms with Crippen LogP contribution >= 0.6 is 0 Å². The van der Waals surface area contributed by atoms with Crippen molar-refractivity contribution in [3.8, 4) is 0 Å². The number of hydrogen-bond acceptors (Lipinski definition) is 9. The number of methoxy groups -OCH3 is 2. The number of unbranched alkanes of at least 4 members (excludes halogenated alkanes) is 1. The Bertz CT molecular complexity index is 859. The van der Waals surface area contributed by atoms with Gasteiger partial charge in [0.2, 0.25) is 17.7 Å².